The monoisotopic (exact) mass is 485 g/mol. The fourth-order valence-corrected chi connectivity index (χ4v) is 5.39. The van der Waals surface area contributed by atoms with E-state index < -0.39 is 20.9 Å². The minimum absolute atomic E-state index is 0.0432. The van der Waals surface area contributed by atoms with Gasteiger partial charge in [-0.3, -0.25) is 14.9 Å². The first-order valence-electron chi connectivity index (χ1n) is 10.1. The molecule has 10 heteroatoms. The number of nitrogens with zero attached hydrogens (tertiary/aromatic N) is 2. The summed E-state index contributed by atoms with van der Waals surface area (Å²) in [7, 11) is -3.87. The number of rotatable bonds is 5. The molecule has 0 radical (unpaired) electrons. The van der Waals surface area contributed by atoms with Crippen LogP contribution in [-0.2, 0) is 23.0 Å². The first kappa shape index (κ1) is 22.9. The number of anilines is 1. The number of hydrogen-bond donors (Lipinski definition) is 1. The first-order chi connectivity index (χ1) is 15.7. The molecule has 3 aromatic rings. The highest BCUT2D eigenvalue weighted by atomic mass is 35.5. The number of benzene rings is 3. The van der Waals surface area contributed by atoms with Crippen LogP contribution in [0.25, 0.3) is 0 Å². The van der Waals surface area contributed by atoms with E-state index in [0.717, 1.165) is 11.1 Å². The second-order valence-corrected chi connectivity index (χ2v) is 10.1. The molecule has 1 amide bonds. The molecular formula is C23H20ClN3O5S. The van der Waals surface area contributed by atoms with Crippen molar-refractivity contribution < 1.29 is 18.1 Å². The molecule has 0 spiro atoms. The Morgan fingerprint density at radius 1 is 1.09 bits per heavy atom. The maximum atomic E-state index is 13.3. The van der Waals surface area contributed by atoms with Gasteiger partial charge in [-0.1, -0.05) is 41.9 Å². The standard InChI is InChI=1S/C23H20ClN3O5S/c1-15-6-7-18(12-22(15)27(29)30)25-23(28)20-13-19(8-9-21(20)24)33(31,32)26-11-10-16-4-2-3-5-17(16)14-26/h2-9,12-13H,10-11,14H2,1H3,(H,25,28). The molecule has 1 aliphatic heterocycles. The Morgan fingerprint density at radius 3 is 2.55 bits per heavy atom. The second-order valence-electron chi connectivity index (χ2n) is 7.71. The van der Waals surface area contributed by atoms with Gasteiger partial charge in [0, 0.05) is 30.4 Å². The van der Waals surface area contributed by atoms with Gasteiger partial charge in [0.1, 0.15) is 0 Å². The van der Waals surface area contributed by atoms with Crippen LogP contribution in [0.15, 0.2) is 65.6 Å². The van der Waals surface area contributed by atoms with Gasteiger partial charge in [-0.05, 0) is 48.7 Å². The lowest BCUT2D eigenvalue weighted by Crippen LogP contribution is -2.36. The predicted octanol–water partition coefficient (Wildman–Crippen LogP) is 4.56. The lowest BCUT2D eigenvalue weighted by Gasteiger charge is -2.28. The van der Waals surface area contributed by atoms with Crippen molar-refractivity contribution in [3.8, 4) is 0 Å². The highest BCUT2D eigenvalue weighted by molar-refractivity contribution is 7.89. The summed E-state index contributed by atoms with van der Waals surface area (Å²) in [5.74, 6) is -0.667. The second kappa shape index (κ2) is 8.93. The minimum Gasteiger partial charge on any atom is -0.322 e. The molecule has 0 atom stereocenters. The number of nitro groups is 1. The smallest absolute Gasteiger partial charge is 0.274 e. The van der Waals surface area contributed by atoms with Crippen molar-refractivity contribution in [2.75, 3.05) is 11.9 Å². The van der Waals surface area contributed by atoms with Gasteiger partial charge < -0.3 is 5.32 Å². The van der Waals surface area contributed by atoms with Crippen LogP contribution in [0.5, 0.6) is 0 Å². The van der Waals surface area contributed by atoms with Crippen LogP contribution in [-0.4, -0.2) is 30.1 Å². The molecule has 0 aromatic heterocycles. The summed E-state index contributed by atoms with van der Waals surface area (Å²) in [6.07, 6.45) is 0.600. The minimum atomic E-state index is -3.87. The third kappa shape index (κ3) is 4.61. The summed E-state index contributed by atoms with van der Waals surface area (Å²) in [6.45, 7) is 2.17. The van der Waals surface area contributed by atoms with Gasteiger partial charge in [0.05, 0.1) is 20.4 Å². The zero-order chi connectivity index (χ0) is 23.8. The zero-order valence-electron chi connectivity index (χ0n) is 17.6. The quantitative estimate of drug-likeness (QED) is 0.421. The number of hydrogen-bond acceptors (Lipinski definition) is 5. The van der Waals surface area contributed by atoms with Crippen molar-refractivity contribution >= 4 is 38.9 Å². The Labute approximate surface area is 196 Å². The third-order valence-corrected chi connectivity index (χ3v) is 7.75. The molecular weight excluding hydrogens is 466 g/mol. The topological polar surface area (TPSA) is 110 Å². The number of nitro benzene ring substituents is 1. The van der Waals surface area contributed by atoms with Gasteiger partial charge in [-0.25, -0.2) is 8.42 Å². The molecule has 0 unspecified atom stereocenters. The SMILES string of the molecule is Cc1ccc(NC(=O)c2cc(S(=O)(=O)N3CCc4ccccc4C3)ccc2Cl)cc1[N+](=O)[O-]. The van der Waals surface area contributed by atoms with Crippen molar-refractivity contribution in [1.82, 2.24) is 4.31 Å². The van der Waals surface area contributed by atoms with Crippen LogP contribution in [0.2, 0.25) is 5.02 Å². The normalized spacial score (nSPS) is 13.9. The number of fused-ring (bicyclic) bond motifs is 1. The average Bonchev–Trinajstić information content (AvgIpc) is 2.79. The van der Waals surface area contributed by atoms with Gasteiger partial charge in [-0.15, -0.1) is 0 Å². The molecule has 170 valence electrons. The number of carbonyl (C=O) groups excluding carboxylic acids is 1. The van der Waals surface area contributed by atoms with Crippen molar-refractivity contribution in [3.63, 3.8) is 0 Å². The van der Waals surface area contributed by atoms with Gasteiger partial charge >= 0.3 is 0 Å². The molecule has 0 fully saturated rings. The van der Waals surface area contributed by atoms with Gasteiger partial charge in [-0.2, -0.15) is 4.31 Å². The number of nitrogens with one attached hydrogen (secondary N) is 1. The highest BCUT2D eigenvalue weighted by Crippen LogP contribution is 2.28. The predicted molar refractivity (Wildman–Crippen MR) is 125 cm³/mol. The Balaban J connectivity index is 1.61. The molecule has 3 aromatic carbocycles. The summed E-state index contributed by atoms with van der Waals surface area (Å²) >= 11 is 6.19. The van der Waals surface area contributed by atoms with Crippen molar-refractivity contribution in [2.24, 2.45) is 0 Å². The van der Waals surface area contributed by atoms with Crippen LogP contribution in [0.1, 0.15) is 27.0 Å². The molecule has 33 heavy (non-hydrogen) atoms. The maximum Gasteiger partial charge on any atom is 0.274 e. The molecule has 0 saturated heterocycles. The van der Waals surface area contributed by atoms with Crippen LogP contribution in [0.3, 0.4) is 0 Å². The number of aryl methyl sites for hydroxylation is 1. The average molecular weight is 486 g/mol. The van der Waals surface area contributed by atoms with Gasteiger partial charge in [0.2, 0.25) is 10.0 Å². The van der Waals surface area contributed by atoms with E-state index in [9.17, 15) is 23.3 Å². The lowest BCUT2D eigenvalue weighted by atomic mass is 10.0. The third-order valence-electron chi connectivity index (χ3n) is 5.58. The van der Waals surface area contributed by atoms with E-state index in [1.165, 1.54) is 40.7 Å². The summed E-state index contributed by atoms with van der Waals surface area (Å²) in [4.78, 5) is 23.4. The molecule has 0 aliphatic carbocycles. The van der Waals surface area contributed by atoms with E-state index in [-0.39, 0.29) is 33.4 Å². The Bertz CT molecular complexity index is 1370. The Hall–Kier alpha value is -3.27. The van der Waals surface area contributed by atoms with E-state index >= 15 is 0 Å². The first-order valence-corrected chi connectivity index (χ1v) is 11.9. The van der Waals surface area contributed by atoms with Crippen LogP contribution >= 0.6 is 11.6 Å². The molecule has 4 rings (SSSR count). The molecule has 0 bridgehead atoms. The van der Waals surface area contributed by atoms with Crippen molar-refractivity contribution in [2.45, 2.75) is 24.8 Å². The summed E-state index contributed by atoms with van der Waals surface area (Å²) < 4.78 is 27.9. The fraction of sp³-hybridized carbons (Fsp3) is 0.174. The lowest BCUT2D eigenvalue weighted by molar-refractivity contribution is -0.385. The van der Waals surface area contributed by atoms with E-state index in [2.05, 4.69) is 5.32 Å². The molecule has 1 aliphatic rings. The molecule has 1 N–H and O–H groups in total. The Morgan fingerprint density at radius 2 is 1.82 bits per heavy atom. The summed E-state index contributed by atoms with van der Waals surface area (Å²) in [5.41, 5.74) is 2.54. The maximum absolute atomic E-state index is 13.3. The van der Waals surface area contributed by atoms with E-state index in [4.69, 9.17) is 11.6 Å². The largest absolute Gasteiger partial charge is 0.322 e. The number of halogens is 1. The van der Waals surface area contributed by atoms with E-state index in [0.29, 0.717) is 18.5 Å². The van der Waals surface area contributed by atoms with Crippen LogP contribution in [0.4, 0.5) is 11.4 Å². The zero-order valence-corrected chi connectivity index (χ0v) is 19.2. The molecule has 1 heterocycles. The highest BCUT2D eigenvalue weighted by Gasteiger charge is 2.29. The molecule has 8 nitrogen and oxygen atoms in total. The summed E-state index contributed by atoms with van der Waals surface area (Å²) in [6, 6.07) is 15.9. The Kier molecular flexibility index (Phi) is 6.20. The van der Waals surface area contributed by atoms with Gasteiger partial charge in [0.15, 0.2) is 0 Å². The number of amides is 1. The summed E-state index contributed by atoms with van der Waals surface area (Å²) in [5, 5.41) is 13.8. The molecule has 0 saturated carbocycles. The fourth-order valence-electron chi connectivity index (χ4n) is 3.75. The van der Waals surface area contributed by atoms with Crippen molar-refractivity contribution in [1.29, 1.82) is 0 Å². The van der Waals surface area contributed by atoms with E-state index in [1.54, 1.807) is 6.92 Å². The number of carbonyl (C=O) groups is 1. The van der Waals surface area contributed by atoms with Gasteiger partial charge in [0.25, 0.3) is 11.6 Å². The van der Waals surface area contributed by atoms with E-state index in [1.807, 2.05) is 24.3 Å². The van der Waals surface area contributed by atoms with Crippen LogP contribution < -0.4 is 5.32 Å². The van der Waals surface area contributed by atoms with Crippen molar-refractivity contribution in [3.05, 3.63) is 98.1 Å². The van der Waals surface area contributed by atoms with Crippen LogP contribution in [0, 0.1) is 17.0 Å². The number of sulfonamides is 1.